The van der Waals surface area contributed by atoms with Gasteiger partial charge >= 0.3 is 0 Å². The lowest BCUT2D eigenvalue weighted by atomic mass is 9.52. The summed E-state index contributed by atoms with van der Waals surface area (Å²) in [7, 11) is 0. The molecule has 7 rings (SSSR count). The highest BCUT2D eigenvalue weighted by atomic mass is 32.2. The highest BCUT2D eigenvalue weighted by molar-refractivity contribution is 7.99. The zero-order chi connectivity index (χ0) is 21.5. The lowest BCUT2D eigenvalue weighted by Gasteiger charge is -2.60. The van der Waals surface area contributed by atoms with Crippen molar-refractivity contribution in [3.8, 4) is 0 Å². The molecule has 2 aromatic heterocycles. The van der Waals surface area contributed by atoms with E-state index in [0.29, 0.717) is 24.0 Å². The number of furan rings is 1. The van der Waals surface area contributed by atoms with Crippen LogP contribution >= 0.6 is 11.8 Å². The summed E-state index contributed by atoms with van der Waals surface area (Å²) < 4.78 is 13.2. The van der Waals surface area contributed by atoms with Crippen LogP contribution in [0.5, 0.6) is 0 Å². The molecule has 172 valence electrons. The third-order valence-corrected chi connectivity index (χ3v) is 8.94. The summed E-state index contributed by atoms with van der Waals surface area (Å²) in [6.07, 6.45) is 11.5. The first kappa shape index (κ1) is 20.7. The molecule has 4 saturated carbocycles. The van der Waals surface area contributed by atoms with Crippen molar-refractivity contribution < 1.29 is 13.9 Å². The van der Waals surface area contributed by atoms with Crippen molar-refractivity contribution >= 4 is 17.7 Å². The number of thioether (sulfide) groups is 1. The van der Waals surface area contributed by atoms with Gasteiger partial charge in [-0.1, -0.05) is 11.8 Å². The number of hydrogen-bond acceptors (Lipinski definition) is 7. The van der Waals surface area contributed by atoms with Gasteiger partial charge in [-0.05, 0) is 91.7 Å². The number of tetrazole rings is 1. The maximum Gasteiger partial charge on any atom is 0.233 e. The van der Waals surface area contributed by atoms with Crippen molar-refractivity contribution in [2.24, 2.45) is 17.8 Å². The van der Waals surface area contributed by atoms with Crippen molar-refractivity contribution in [3.63, 3.8) is 0 Å². The number of rotatable bonds is 8. The molecule has 4 aliphatic carbocycles. The number of nitrogens with zero attached hydrogens (tertiary/aromatic N) is 5. The maximum atomic E-state index is 13.7. The number of carbonyl (C=O) groups excluding carboxylic acids is 1. The Morgan fingerprint density at radius 3 is 2.66 bits per heavy atom. The SMILES string of the molecule is O=C(CSc1nnnn1C[C@@H]1CCCO1)N(Cc1ccco1)C12CC3CC(CC(C3)C1)C2. The van der Waals surface area contributed by atoms with Gasteiger partial charge in [0.05, 0.1) is 31.2 Å². The van der Waals surface area contributed by atoms with Crippen LogP contribution in [-0.2, 0) is 22.6 Å². The molecule has 2 aromatic rings. The molecule has 0 spiro atoms. The normalized spacial score (nSPS) is 33.1. The second kappa shape index (κ2) is 8.48. The van der Waals surface area contributed by atoms with Gasteiger partial charge in [-0.15, -0.1) is 5.10 Å². The lowest BCUT2D eigenvalue weighted by Crippen LogP contribution is -2.61. The quantitative estimate of drug-likeness (QED) is 0.561. The molecule has 3 heterocycles. The van der Waals surface area contributed by atoms with Crippen LogP contribution in [0.1, 0.15) is 57.1 Å². The van der Waals surface area contributed by atoms with Gasteiger partial charge < -0.3 is 14.1 Å². The third-order valence-electron chi connectivity index (χ3n) is 8.00. The monoisotopic (exact) mass is 457 g/mol. The van der Waals surface area contributed by atoms with Gasteiger partial charge in [-0.2, -0.15) is 0 Å². The Kier molecular flexibility index (Phi) is 5.49. The molecule has 1 atom stereocenters. The molecule has 8 nitrogen and oxygen atoms in total. The number of amides is 1. The predicted molar refractivity (Wildman–Crippen MR) is 118 cm³/mol. The zero-order valence-corrected chi connectivity index (χ0v) is 19.2. The van der Waals surface area contributed by atoms with Crippen LogP contribution in [0.4, 0.5) is 0 Å². The third kappa shape index (κ3) is 3.98. The molecule has 1 aliphatic heterocycles. The molecule has 0 N–H and O–H groups in total. The van der Waals surface area contributed by atoms with E-state index in [-0.39, 0.29) is 17.6 Å². The number of hydrogen-bond donors (Lipinski definition) is 0. The minimum atomic E-state index is -0.0111. The molecule has 9 heteroatoms. The Bertz CT molecular complexity index is 904. The number of ether oxygens (including phenoxy) is 1. The van der Waals surface area contributed by atoms with Crippen LogP contribution in [0.15, 0.2) is 28.0 Å². The fourth-order valence-corrected chi connectivity index (χ4v) is 7.84. The van der Waals surface area contributed by atoms with E-state index >= 15 is 0 Å². The standard InChI is InChI=1S/C23H31N5O3S/c29-21(15-32-22-24-25-26-28(22)14-20-4-2-6-31-20)27(13-19-3-1-5-30-19)23-10-16-7-17(11-23)9-18(8-16)12-23/h1,3,5,16-18,20H,2,4,6-15H2/t16?,17?,18?,20-,23?/m0/s1. The molecule has 32 heavy (non-hydrogen) atoms. The molecular formula is C23H31N5O3S. The molecule has 1 amide bonds. The van der Waals surface area contributed by atoms with Gasteiger partial charge in [0.1, 0.15) is 5.76 Å². The Morgan fingerprint density at radius 2 is 2.00 bits per heavy atom. The van der Waals surface area contributed by atoms with E-state index in [9.17, 15) is 4.79 Å². The van der Waals surface area contributed by atoms with Crippen LogP contribution in [0.3, 0.4) is 0 Å². The predicted octanol–water partition coefficient (Wildman–Crippen LogP) is 3.53. The lowest BCUT2D eigenvalue weighted by molar-refractivity contribution is -0.150. The summed E-state index contributed by atoms with van der Waals surface area (Å²) >= 11 is 1.44. The molecule has 4 bridgehead atoms. The van der Waals surface area contributed by atoms with Crippen LogP contribution in [-0.4, -0.2) is 55.0 Å². The van der Waals surface area contributed by atoms with Crippen LogP contribution in [0.25, 0.3) is 0 Å². The van der Waals surface area contributed by atoms with Gasteiger partial charge in [-0.3, -0.25) is 4.79 Å². The summed E-state index contributed by atoms with van der Waals surface area (Å²) in [5.41, 5.74) is -0.0111. The van der Waals surface area contributed by atoms with Crippen molar-refractivity contribution in [1.29, 1.82) is 0 Å². The van der Waals surface area contributed by atoms with E-state index in [1.807, 2.05) is 12.1 Å². The van der Waals surface area contributed by atoms with E-state index in [1.54, 1.807) is 10.9 Å². The van der Waals surface area contributed by atoms with E-state index in [1.165, 1.54) is 31.0 Å². The van der Waals surface area contributed by atoms with Crippen LogP contribution < -0.4 is 0 Å². The fourth-order valence-electron chi connectivity index (χ4n) is 7.07. The molecule has 5 fully saturated rings. The number of aromatic nitrogens is 4. The topological polar surface area (TPSA) is 86.3 Å². The van der Waals surface area contributed by atoms with Crippen LogP contribution in [0.2, 0.25) is 0 Å². The minimum absolute atomic E-state index is 0.0111. The van der Waals surface area contributed by atoms with Crippen molar-refractivity contribution in [2.75, 3.05) is 12.4 Å². The first-order valence-corrected chi connectivity index (χ1v) is 13.0. The van der Waals surface area contributed by atoms with Gasteiger partial charge in [0.25, 0.3) is 0 Å². The molecule has 5 aliphatic rings. The highest BCUT2D eigenvalue weighted by Gasteiger charge is 2.54. The van der Waals surface area contributed by atoms with E-state index in [2.05, 4.69) is 20.4 Å². The second-order valence-corrected chi connectivity index (χ2v) is 11.2. The van der Waals surface area contributed by atoms with E-state index in [0.717, 1.165) is 62.2 Å². The van der Waals surface area contributed by atoms with Crippen LogP contribution in [0, 0.1) is 17.8 Å². The smallest absolute Gasteiger partial charge is 0.233 e. The summed E-state index contributed by atoms with van der Waals surface area (Å²) in [5, 5.41) is 12.9. The molecule has 0 aromatic carbocycles. The first-order valence-electron chi connectivity index (χ1n) is 12.0. The summed E-state index contributed by atoms with van der Waals surface area (Å²) in [6, 6.07) is 3.89. The van der Waals surface area contributed by atoms with E-state index in [4.69, 9.17) is 9.15 Å². The molecule has 0 radical (unpaired) electrons. The Hall–Kier alpha value is -1.87. The van der Waals surface area contributed by atoms with Crippen molar-refractivity contribution in [2.45, 2.75) is 81.3 Å². The Morgan fingerprint density at radius 1 is 1.22 bits per heavy atom. The average Bonchev–Trinajstić information content (AvgIpc) is 3.53. The van der Waals surface area contributed by atoms with Gasteiger partial charge in [-0.25, -0.2) is 4.68 Å². The molecule has 1 saturated heterocycles. The van der Waals surface area contributed by atoms with Gasteiger partial charge in [0, 0.05) is 12.1 Å². The van der Waals surface area contributed by atoms with Gasteiger partial charge in [0.2, 0.25) is 11.1 Å². The summed E-state index contributed by atoms with van der Waals surface area (Å²) in [4.78, 5) is 15.9. The van der Waals surface area contributed by atoms with Crippen molar-refractivity contribution in [3.05, 3.63) is 24.2 Å². The second-order valence-electron chi connectivity index (χ2n) is 10.3. The van der Waals surface area contributed by atoms with Crippen molar-refractivity contribution in [1.82, 2.24) is 25.1 Å². The number of carbonyl (C=O) groups is 1. The average molecular weight is 458 g/mol. The van der Waals surface area contributed by atoms with E-state index < -0.39 is 0 Å². The fraction of sp³-hybridized carbons (Fsp3) is 0.739. The first-order chi connectivity index (χ1) is 15.7. The highest BCUT2D eigenvalue weighted by Crippen LogP contribution is 2.58. The zero-order valence-electron chi connectivity index (χ0n) is 18.4. The van der Waals surface area contributed by atoms with Gasteiger partial charge in [0.15, 0.2) is 0 Å². The summed E-state index contributed by atoms with van der Waals surface area (Å²) in [5.74, 6) is 3.70. The molecule has 0 unspecified atom stereocenters. The molecular weight excluding hydrogens is 426 g/mol. The minimum Gasteiger partial charge on any atom is -0.467 e. The summed E-state index contributed by atoms with van der Waals surface area (Å²) in [6.45, 7) is 2.01. The largest absolute Gasteiger partial charge is 0.467 e. The maximum absolute atomic E-state index is 13.7. The Balaban J connectivity index is 1.18. The Labute approximate surface area is 192 Å².